The van der Waals surface area contributed by atoms with E-state index >= 15 is 0 Å². The minimum absolute atomic E-state index is 0.113. The third-order valence-corrected chi connectivity index (χ3v) is 5.66. The molecule has 0 spiro atoms. The topological polar surface area (TPSA) is 94.8 Å². The predicted molar refractivity (Wildman–Crippen MR) is 113 cm³/mol. The summed E-state index contributed by atoms with van der Waals surface area (Å²) in [7, 11) is 1.59. The number of thiazole rings is 1. The lowest BCUT2D eigenvalue weighted by molar-refractivity contribution is -0.113. The van der Waals surface area contributed by atoms with Gasteiger partial charge in [0, 0.05) is 10.9 Å². The van der Waals surface area contributed by atoms with E-state index in [1.807, 2.05) is 12.1 Å². The van der Waals surface area contributed by atoms with E-state index in [2.05, 4.69) is 25.8 Å². The summed E-state index contributed by atoms with van der Waals surface area (Å²) in [6.07, 6.45) is 0. The molecule has 0 aliphatic heterocycles. The average Bonchev–Trinajstić information content (AvgIpc) is 3.42. The molecule has 152 valence electrons. The Labute approximate surface area is 179 Å². The number of methoxy groups -OCH3 is 1. The second kappa shape index (κ2) is 9.01. The third kappa shape index (κ3) is 4.63. The summed E-state index contributed by atoms with van der Waals surface area (Å²) in [4.78, 5) is 16.7. The number of anilines is 1. The van der Waals surface area contributed by atoms with Crippen molar-refractivity contribution in [1.29, 1.82) is 0 Å². The summed E-state index contributed by atoms with van der Waals surface area (Å²) in [5, 5.41) is 17.2. The number of nitrogens with one attached hydrogen (secondary N) is 1. The number of tetrazole rings is 1. The zero-order valence-corrected chi connectivity index (χ0v) is 17.3. The molecule has 2 aromatic heterocycles. The molecular formula is C19H15FN6O2S2. The highest BCUT2D eigenvalue weighted by atomic mass is 32.2. The van der Waals surface area contributed by atoms with Gasteiger partial charge in [0.05, 0.1) is 24.2 Å². The molecule has 4 rings (SSSR count). The number of hydrogen-bond acceptors (Lipinski definition) is 8. The van der Waals surface area contributed by atoms with Gasteiger partial charge in [-0.15, -0.1) is 16.4 Å². The molecule has 0 saturated carbocycles. The van der Waals surface area contributed by atoms with E-state index < -0.39 is 0 Å². The predicted octanol–water partition coefficient (Wildman–Crippen LogP) is 3.66. The van der Waals surface area contributed by atoms with Gasteiger partial charge in [-0.2, -0.15) is 4.68 Å². The number of carbonyl (C=O) groups is 1. The van der Waals surface area contributed by atoms with Gasteiger partial charge >= 0.3 is 0 Å². The first-order chi connectivity index (χ1) is 14.6. The van der Waals surface area contributed by atoms with Crippen molar-refractivity contribution in [3.8, 4) is 22.7 Å². The molecule has 8 nitrogen and oxygen atoms in total. The lowest BCUT2D eigenvalue weighted by Crippen LogP contribution is -2.14. The number of thioether (sulfide) groups is 1. The Hall–Kier alpha value is -3.31. The molecule has 2 aromatic carbocycles. The Morgan fingerprint density at radius 1 is 1.20 bits per heavy atom. The summed E-state index contributed by atoms with van der Waals surface area (Å²) in [5.74, 6) is 0.298. The van der Waals surface area contributed by atoms with Crippen molar-refractivity contribution >= 4 is 34.1 Å². The molecular weight excluding hydrogens is 427 g/mol. The Morgan fingerprint density at radius 2 is 1.97 bits per heavy atom. The molecule has 1 amide bonds. The van der Waals surface area contributed by atoms with Crippen LogP contribution in [0.4, 0.5) is 9.52 Å². The van der Waals surface area contributed by atoms with Gasteiger partial charge in [-0.05, 0) is 59.0 Å². The molecule has 30 heavy (non-hydrogen) atoms. The van der Waals surface area contributed by atoms with Crippen molar-refractivity contribution in [2.45, 2.75) is 5.16 Å². The van der Waals surface area contributed by atoms with Crippen molar-refractivity contribution in [2.24, 2.45) is 0 Å². The van der Waals surface area contributed by atoms with E-state index in [1.54, 1.807) is 41.4 Å². The maximum absolute atomic E-state index is 13.1. The smallest absolute Gasteiger partial charge is 0.236 e. The van der Waals surface area contributed by atoms with Crippen LogP contribution in [0.3, 0.4) is 0 Å². The molecule has 1 N–H and O–H groups in total. The van der Waals surface area contributed by atoms with Crippen LogP contribution in [0.25, 0.3) is 16.9 Å². The fraction of sp³-hybridized carbons (Fsp3) is 0.105. The number of amides is 1. The van der Waals surface area contributed by atoms with E-state index in [0.717, 1.165) is 17.0 Å². The van der Waals surface area contributed by atoms with E-state index in [4.69, 9.17) is 4.74 Å². The number of halogens is 1. The minimum atomic E-state index is -0.309. The second-order valence-corrected chi connectivity index (χ2v) is 7.75. The van der Waals surface area contributed by atoms with Gasteiger partial charge in [-0.25, -0.2) is 9.37 Å². The summed E-state index contributed by atoms with van der Waals surface area (Å²) in [5.41, 5.74) is 2.21. The highest BCUT2D eigenvalue weighted by Gasteiger charge is 2.13. The maximum atomic E-state index is 13.1. The molecule has 0 fully saturated rings. The molecule has 0 aliphatic rings. The van der Waals surface area contributed by atoms with E-state index in [1.165, 1.54) is 35.2 Å². The number of ether oxygens (including phenoxy) is 1. The van der Waals surface area contributed by atoms with Crippen molar-refractivity contribution in [1.82, 2.24) is 25.2 Å². The third-order valence-electron chi connectivity index (χ3n) is 3.98. The number of hydrogen-bond donors (Lipinski definition) is 1. The molecule has 0 bridgehead atoms. The lowest BCUT2D eigenvalue weighted by atomic mass is 10.2. The number of benzene rings is 2. The van der Waals surface area contributed by atoms with Gasteiger partial charge in [-0.1, -0.05) is 11.8 Å². The van der Waals surface area contributed by atoms with Gasteiger partial charge in [-0.3, -0.25) is 4.79 Å². The Balaban J connectivity index is 1.37. The summed E-state index contributed by atoms with van der Waals surface area (Å²) >= 11 is 2.51. The molecule has 0 saturated heterocycles. The number of rotatable bonds is 7. The highest BCUT2D eigenvalue weighted by molar-refractivity contribution is 7.99. The van der Waals surface area contributed by atoms with Crippen LogP contribution in [0.2, 0.25) is 0 Å². The average molecular weight is 443 g/mol. The molecule has 0 unspecified atom stereocenters. The Bertz CT molecular complexity index is 1140. The normalized spacial score (nSPS) is 10.7. The van der Waals surface area contributed by atoms with Gasteiger partial charge in [0.2, 0.25) is 11.1 Å². The van der Waals surface area contributed by atoms with Crippen molar-refractivity contribution in [3.05, 3.63) is 59.7 Å². The monoisotopic (exact) mass is 442 g/mol. The lowest BCUT2D eigenvalue weighted by Gasteiger charge is -2.05. The van der Waals surface area contributed by atoms with Crippen LogP contribution < -0.4 is 10.1 Å². The van der Waals surface area contributed by atoms with Crippen LogP contribution in [-0.2, 0) is 4.79 Å². The quantitative estimate of drug-likeness (QED) is 0.437. The fourth-order valence-electron chi connectivity index (χ4n) is 2.52. The van der Waals surface area contributed by atoms with Crippen LogP contribution in [0.15, 0.2) is 59.1 Å². The molecule has 2 heterocycles. The van der Waals surface area contributed by atoms with E-state index in [0.29, 0.717) is 16.0 Å². The van der Waals surface area contributed by atoms with Crippen molar-refractivity contribution < 1.29 is 13.9 Å². The van der Waals surface area contributed by atoms with Crippen LogP contribution >= 0.6 is 23.1 Å². The van der Waals surface area contributed by atoms with Crippen LogP contribution in [0.1, 0.15) is 0 Å². The molecule has 0 aliphatic carbocycles. The summed E-state index contributed by atoms with van der Waals surface area (Å²) in [6, 6.07) is 13.3. The Kier molecular flexibility index (Phi) is 6.00. The summed E-state index contributed by atoms with van der Waals surface area (Å²) in [6.45, 7) is 0. The van der Waals surface area contributed by atoms with Gasteiger partial charge < -0.3 is 10.1 Å². The van der Waals surface area contributed by atoms with Gasteiger partial charge in [0.25, 0.3) is 0 Å². The number of nitrogens with zero attached hydrogens (tertiary/aromatic N) is 5. The largest absolute Gasteiger partial charge is 0.497 e. The van der Waals surface area contributed by atoms with E-state index in [9.17, 15) is 9.18 Å². The first-order valence-corrected chi connectivity index (χ1v) is 10.6. The number of carbonyl (C=O) groups excluding carboxylic acids is 1. The SMILES string of the molecule is COc1ccc(-n2nnnc2SCC(=O)Nc2nc(-c3ccc(F)cc3)cs2)cc1. The van der Waals surface area contributed by atoms with Crippen molar-refractivity contribution in [3.63, 3.8) is 0 Å². The molecule has 0 radical (unpaired) electrons. The standard InChI is InChI=1S/C19H15FN6O2S2/c1-28-15-8-6-14(7-9-15)26-19(23-24-25-26)30-11-17(27)22-18-21-16(10-29-18)12-2-4-13(20)5-3-12/h2-10H,11H2,1H3,(H,21,22,27). The van der Waals surface area contributed by atoms with Crippen LogP contribution in [-0.4, -0.2) is 44.0 Å². The zero-order chi connectivity index (χ0) is 20.9. The van der Waals surface area contributed by atoms with Crippen LogP contribution in [0, 0.1) is 5.82 Å². The maximum Gasteiger partial charge on any atom is 0.236 e. The first kappa shape index (κ1) is 20.0. The summed E-state index contributed by atoms with van der Waals surface area (Å²) < 4.78 is 19.7. The molecule has 11 heteroatoms. The number of aromatic nitrogens is 5. The first-order valence-electron chi connectivity index (χ1n) is 8.69. The Morgan fingerprint density at radius 3 is 2.70 bits per heavy atom. The minimum Gasteiger partial charge on any atom is -0.497 e. The molecule has 0 atom stereocenters. The molecule has 4 aromatic rings. The van der Waals surface area contributed by atoms with E-state index in [-0.39, 0.29) is 17.5 Å². The zero-order valence-electron chi connectivity index (χ0n) is 15.7. The second-order valence-electron chi connectivity index (χ2n) is 5.95. The van der Waals surface area contributed by atoms with Gasteiger partial charge in [0.15, 0.2) is 5.13 Å². The fourth-order valence-corrected chi connectivity index (χ4v) is 3.95. The highest BCUT2D eigenvalue weighted by Crippen LogP contribution is 2.26. The van der Waals surface area contributed by atoms with Crippen LogP contribution in [0.5, 0.6) is 5.75 Å². The van der Waals surface area contributed by atoms with Gasteiger partial charge in [0.1, 0.15) is 11.6 Å². The van der Waals surface area contributed by atoms with Crippen molar-refractivity contribution in [2.75, 3.05) is 18.2 Å².